The smallest absolute Gasteiger partial charge is 0.430 e. The molecule has 32 heavy (non-hydrogen) atoms. The molecule has 0 aliphatic carbocycles. The Balaban J connectivity index is 2.08. The van der Waals surface area contributed by atoms with Crippen LogP contribution in [0, 0.1) is 10.1 Å². The first-order chi connectivity index (χ1) is 15.2. The highest BCUT2D eigenvalue weighted by atomic mass is 32.2. The zero-order chi connectivity index (χ0) is 23.5. The average Bonchev–Trinajstić information content (AvgIpc) is 3.27. The standard InChI is InChI=1S/C19H17N3O8S2/c1-28-16-8-7-14(10-17(16)29-2)32(26,27)21(19(23)30-3)18-20-15(11-31-18)12-5-4-6-13(9-12)22(24)25/h4-11H,1-3H3. The van der Waals surface area contributed by atoms with Crippen molar-refractivity contribution in [1.29, 1.82) is 0 Å². The lowest BCUT2D eigenvalue weighted by molar-refractivity contribution is -0.384. The van der Waals surface area contributed by atoms with Crippen molar-refractivity contribution < 1.29 is 32.3 Å². The fraction of sp³-hybridized carbons (Fsp3) is 0.158. The van der Waals surface area contributed by atoms with Gasteiger partial charge in [0.15, 0.2) is 11.5 Å². The van der Waals surface area contributed by atoms with E-state index in [4.69, 9.17) is 9.47 Å². The van der Waals surface area contributed by atoms with E-state index in [1.54, 1.807) is 6.07 Å². The van der Waals surface area contributed by atoms with Crippen molar-refractivity contribution in [3.05, 3.63) is 58.0 Å². The van der Waals surface area contributed by atoms with Gasteiger partial charge in [-0.05, 0) is 12.1 Å². The maximum atomic E-state index is 13.3. The van der Waals surface area contributed by atoms with E-state index in [1.807, 2.05) is 0 Å². The molecule has 3 aromatic rings. The molecule has 0 unspecified atom stereocenters. The van der Waals surface area contributed by atoms with E-state index in [0.717, 1.165) is 18.4 Å². The van der Waals surface area contributed by atoms with E-state index in [1.165, 1.54) is 56.0 Å². The first-order valence-corrected chi connectivity index (χ1v) is 11.1. The number of rotatable bonds is 7. The monoisotopic (exact) mass is 479 g/mol. The average molecular weight is 479 g/mol. The van der Waals surface area contributed by atoms with Crippen LogP contribution in [-0.4, -0.2) is 45.7 Å². The van der Waals surface area contributed by atoms with E-state index in [9.17, 15) is 23.3 Å². The molecule has 0 atom stereocenters. The van der Waals surface area contributed by atoms with Crippen LogP contribution in [0.5, 0.6) is 11.5 Å². The lowest BCUT2D eigenvalue weighted by Crippen LogP contribution is -2.36. The SMILES string of the molecule is COC(=O)N(c1nc(-c2cccc([N+](=O)[O-])c2)cs1)S(=O)(=O)c1ccc(OC)c(OC)c1. The Morgan fingerprint density at radius 3 is 2.44 bits per heavy atom. The number of aromatic nitrogens is 1. The quantitative estimate of drug-likeness (QED) is 0.367. The van der Waals surface area contributed by atoms with Crippen LogP contribution < -0.4 is 13.8 Å². The molecule has 13 heteroatoms. The predicted octanol–water partition coefficient (Wildman–Crippen LogP) is 3.70. The maximum absolute atomic E-state index is 13.3. The summed E-state index contributed by atoms with van der Waals surface area (Å²) >= 11 is 0.859. The molecule has 0 aliphatic rings. The number of nitrogens with zero attached hydrogens (tertiary/aromatic N) is 3. The highest BCUT2D eigenvalue weighted by molar-refractivity contribution is 7.93. The first-order valence-electron chi connectivity index (χ1n) is 8.78. The Hall–Kier alpha value is -3.71. The molecule has 0 spiro atoms. The van der Waals surface area contributed by atoms with Crippen LogP contribution >= 0.6 is 11.3 Å². The van der Waals surface area contributed by atoms with Gasteiger partial charge in [-0.3, -0.25) is 10.1 Å². The summed E-state index contributed by atoms with van der Waals surface area (Å²) in [6.45, 7) is 0. The van der Waals surface area contributed by atoms with Crippen LogP contribution in [0.15, 0.2) is 52.7 Å². The van der Waals surface area contributed by atoms with Gasteiger partial charge in [-0.2, -0.15) is 0 Å². The number of carbonyl (C=O) groups excluding carboxylic acids is 1. The third kappa shape index (κ3) is 4.33. The molecule has 11 nitrogen and oxygen atoms in total. The third-order valence-corrected chi connectivity index (χ3v) is 6.85. The van der Waals surface area contributed by atoms with Gasteiger partial charge in [-0.1, -0.05) is 12.1 Å². The van der Waals surface area contributed by atoms with Gasteiger partial charge in [-0.25, -0.2) is 18.2 Å². The van der Waals surface area contributed by atoms with Gasteiger partial charge in [0, 0.05) is 29.1 Å². The zero-order valence-corrected chi connectivity index (χ0v) is 18.7. The van der Waals surface area contributed by atoms with Crippen molar-refractivity contribution in [2.75, 3.05) is 25.6 Å². The molecule has 0 bridgehead atoms. The second kappa shape index (κ2) is 9.20. The summed E-state index contributed by atoms with van der Waals surface area (Å²) in [7, 11) is -0.668. The fourth-order valence-corrected chi connectivity index (χ4v) is 5.09. The molecular formula is C19H17N3O8S2. The second-order valence-corrected chi connectivity index (χ2v) is 8.70. The third-order valence-electron chi connectivity index (χ3n) is 4.25. The number of carbonyl (C=O) groups is 1. The minimum Gasteiger partial charge on any atom is -0.493 e. The Labute approximate surface area is 187 Å². The van der Waals surface area contributed by atoms with Crippen molar-refractivity contribution >= 4 is 38.3 Å². The summed E-state index contributed by atoms with van der Waals surface area (Å²) in [5.74, 6) is 0.452. The van der Waals surface area contributed by atoms with Crippen LogP contribution in [0.4, 0.5) is 15.6 Å². The Morgan fingerprint density at radius 2 is 1.81 bits per heavy atom. The number of amides is 1. The van der Waals surface area contributed by atoms with Gasteiger partial charge in [0.1, 0.15) is 0 Å². The maximum Gasteiger partial charge on any atom is 0.430 e. The summed E-state index contributed by atoms with van der Waals surface area (Å²) in [4.78, 5) is 26.9. The molecule has 0 aliphatic heterocycles. The van der Waals surface area contributed by atoms with Crippen LogP contribution in [-0.2, 0) is 14.8 Å². The number of sulfonamides is 1. The minimum atomic E-state index is -4.45. The summed E-state index contributed by atoms with van der Waals surface area (Å²) < 4.78 is 41.9. The number of ether oxygens (including phenoxy) is 3. The molecule has 1 heterocycles. The first kappa shape index (κ1) is 23.0. The van der Waals surface area contributed by atoms with E-state index >= 15 is 0 Å². The summed E-state index contributed by atoms with van der Waals surface area (Å²) in [6, 6.07) is 9.52. The predicted molar refractivity (Wildman–Crippen MR) is 116 cm³/mol. The van der Waals surface area contributed by atoms with Crippen LogP contribution in [0.1, 0.15) is 0 Å². The van der Waals surface area contributed by atoms with Crippen LogP contribution in [0.2, 0.25) is 0 Å². The van der Waals surface area contributed by atoms with Crippen molar-refractivity contribution in [1.82, 2.24) is 4.98 Å². The molecule has 0 N–H and O–H groups in total. The Kier molecular flexibility index (Phi) is 6.60. The normalized spacial score (nSPS) is 11.0. The van der Waals surface area contributed by atoms with Gasteiger partial charge in [0.05, 0.1) is 36.8 Å². The van der Waals surface area contributed by atoms with Crippen LogP contribution in [0.3, 0.4) is 0 Å². The number of thiazole rings is 1. The molecule has 1 aromatic heterocycles. The zero-order valence-electron chi connectivity index (χ0n) is 17.0. The Bertz CT molecular complexity index is 1270. The van der Waals surface area contributed by atoms with Gasteiger partial charge in [-0.15, -0.1) is 15.6 Å². The number of nitro benzene ring substituents is 1. The largest absolute Gasteiger partial charge is 0.493 e. The van der Waals surface area contributed by atoms with Gasteiger partial charge < -0.3 is 14.2 Å². The molecule has 0 saturated heterocycles. The molecule has 2 aromatic carbocycles. The molecule has 3 rings (SSSR count). The summed E-state index contributed by atoms with van der Waals surface area (Å²) in [5, 5.41) is 12.3. The number of anilines is 1. The number of hydrogen-bond donors (Lipinski definition) is 0. The minimum absolute atomic E-state index is 0.148. The van der Waals surface area contributed by atoms with E-state index < -0.39 is 21.0 Å². The van der Waals surface area contributed by atoms with E-state index in [0.29, 0.717) is 15.6 Å². The van der Waals surface area contributed by atoms with Crippen molar-refractivity contribution in [3.8, 4) is 22.8 Å². The van der Waals surface area contributed by atoms with Crippen molar-refractivity contribution in [2.45, 2.75) is 4.90 Å². The van der Waals surface area contributed by atoms with Crippen molar-refractivity contribution in [3.63, 3.8) is 0 Å². The number of non-ortho nitro benzene ring substituents is 1. The number of nitro groups is 1. The Morgan fingerprint density at radius 1 is 1.09 bits per heavy atom. The van der Waals surface area contributed by atoms with Crippen LogP contribution in [0.25, 0.3) is 11.3 Å². The summed E-state index contributed by atoms with van der Waals surface area (Å²) in [6.07, 6.45) is -1.18. The van der Waals surface area contributed by atoms with E-state index in [2.05, 4.69) is 9.72 Å². The molecule has 1 amide bonds. The molecule has 0 radical (unpaired) electrons. The number of benzene rings is 2. The van der Waals surface area contributed by atoms with Gasteiger partial charge in [0.2, 0.25) is 5.13 Å². The second-order valence-electron chi connectivity index (χ2n) is 6.08. The highest BCUT2D eigenvalue weighted by Crippen LogP contribution is 2.35. The lowest BCUT2D eigenvalue weighted by Gasteiger charge is -2.19. The topological polar surface area (TPSA) is 138 Å². The number of methoxy groups -OCH3 is 3. The van der Waals surface area contributed by atoms with E-state index in [-0.39, 0.29) is 27.2 Å². The van der Waals surface area contributed by atoms with Crippen molar-refractivity contribution in [2.24, 2.45) is 0 Å². The van der Waals surface area contributed by atoms with Gasteiger partial charge in [0.25, 0.3) is 15.7 Å². The molecular weight excluding hydrogens is 462 g/mol. The highest BCUT2D eigenvalue weighted by Gasteiger charge is 2.35. The molecule has 0 saturated carbocycles. The lowest BCUT2D eigenvalue weighted by atomic mass is 10.1. The van der Waals surface area contributed by atoms with Gasteiger partial charge >= 0.3 is 6.09 Å². The molecule has 0 fully saturated rings. The fourth-order valence-electron chi connectivity index (χ4n) is 2.71. The summed E-state index contributed by atoms with van der Waals surface area (Å²) in [5.41, 5.74) is 0.486. The molecule has 168 valence electrons. The number of hydrogen-bond acceptors (Lipinski definition) is 10.